The van der Waals surface area contributed by atoms with Crippen LogP contribution in [-0.2, 0) is 0 Å². The molecule has 0 fully saturated rings. The van der Waals surface area contributed by atoms with E-state index in [0.717, 1.165) is 32.5 Å². The second-order valence-electron chi connectivity index (χ2n) is 5.85. The first-order valence-electron chi connectivity index (χ1n) is 7.96. The molecule has 0 aliphatic rings. The summed E-state index contributed by atoms with van der Waals surface area (Å²) >= 11 is 3.06. The highest BCUT2D eigenvalue weighted by Crippen LogP contribution is 2.32. The Hall–Kier alpha value is -2.18. The van der Waals surface area contributed by atoms with Gasteiger partial charge in [-0.05, 0) is 38.3 Å². The number of ether oxygens (including phenoxy) is 1. The smallest absolute Gasteiger partial charge is 0.263 e. The third-order valence-corrected chi connectivity index (χ3v) is 6.13. The minimum atomic E-state index is -0.158. The fourth-order valence-electron chi connectivity index (χ4n) is 2.64. The van der Waals surface area contributed by atoms with Crippen LogP contribution in [0, 0.1) is 13.8 Å². The number of nitrogens with one attached hydrogen (secondary N) is 1. The highest BCUT2D eigenvalue weighted by atomic mass is 32.1. The monoisotopic (exact) mass is 372 g/mol. The third-order valence-electron chi connectivity index (χ3n) is 3.93. The molecule has 2 aromatic heterocycles. The van der Waals surface area contributed by atoms with Crippen LogP contribution in [0.4, 0.5) is 0 Å². The molecule has 1 amide bonds. The fourth-order valence-corrected chi connectivity index (χ4v) is 4.41. The Morgan fingerprint density at radius 1 is 1.28 bits per heavy atom. The Labute approximate surface area is 155 Å². The lowest BCUT2D eigenvalue weighted by Crippen LogP contribution is -2.26. The topological polar surface area (TPSA) is 51.2 Å². The summed E-state index contributed by atoms with van der Waals surface area (Å²) in [5.41, 5.74) is 2.86. The van der Waals surface area contributed by atoms with Gasteiger partial charge in [0.2, 0.25) is 0 Å². The predicted molar refractivity (Wildman–Crippen MR) is 104 cm³/mol. The van der Waals surface area contributed by atoms with Gasteiger partial charge in [-0.2, -0.15) is 0 Å². The Morgan fingerprint density at radius 3 is 2.76 bits per heavy atom. The molecule has 0 spiro atoms. The van der Waals surface area contributed by atoms with E-state index in [1.807, 2.05) is 56.5 Å². The molecule has 3 rings (SSSR count). The summed E-state index contributed by atoms with van der Waals surface area (Å²) < 4.78 is 5.43. The van der Waals surface area contributed by atoms with Crippen LogP contribution in [0.3, 0.4) is 0 Å². The number of benzene rings is 1. The standard InChI is InChI=1S/C19H20N2O2S2/c1-11-7-8-15(23-4)14(10-11)12(2)20-18(22)17-13(3)21-19(25-17)16-6-5-9-24-16/h5-10,12H,1-4H3,(H,20,22). The van der Waals surface area contributed by atoms with E-state index < -0.39 is 0 Å². The number of aryl methyl sites for hydroxylation is 2. The van der Waals surface area contributed by atoms with Crippen LogP contribution in [0.25, 0.3) is 9.88 Å². The van der Waals surface area contributed by atoms with Gasteiger partial charge in [-0.15, -0.1) is 22.7 Å². The first-order chi connectivity index (χ1) is 12.0. The van der Waals surface area contributed by atoms with E-state index in [1.54, 1.807) is 18.4 Å². The number of hydrogen-bond acceptors (Lipinski definition) is 5. The van der Waals surface area contributed by atoms with E-state index >= 15 is 0 Å². The molecule has 0 aliphatic heterocycles. The zero-order valence-electron chi connectivity index (χ0n) is 14.6. The van der Waals surface area contributed by atoms with Gasteiger partial charge in [0.25, 0.3) is 5.91 Å². The highest BCUT2D eigenvalue weighted by Gasteiger charge is 2.20. The van der Waals surface area contributed by atoms with Crippen molar-refractivity contribution in [2.24, 2.45) is 0 Å². The lowest BCUT2D eigenvalue weighted by molar-refractivity contribution is 0.0943. The molecule has 3 aromatic rings. The molecule has 0 saturated heterocycles. The Bertz CT molecular complexity index is 885. The maximum Gasteiger partial charge on any atom is 0.263 e. The van der Waals surface area contributed by atoms with Crippen molar-refractivity contribution in [3.8, 4) is 15.6 Å². The second kappa shape index (κ2) is 7.37. The van der Waals surface area contributed by atoms with Crippen molar-refractivity contribution in [1.29, 1.82) is 0 Å². The lowest BCUT2D eigenvalue weighted by atomic mass is 10.0. The molecule has 0 radical (unpaired) electrons. The Morgan fingerprint density at radius 2 is 2.08 bits per heavy atom. The summed E-state index contributed by atoms with van der Waals surface area (Å²) in [5.74, 6) is 0.674. The number of methoxy groups -OCH3 is 1. The van der Waals surface area contributed by atoms with E-state index in [0.29, 0.717) is 4.88 Å². The van der Waals surface area contributed by atoms with Gasteiger partial charge in [-0.3, -0.25) is 4.79 Å². The molecule has 4 nitrogen and oxygen atoms in total. The van der Waals surface area contributed by atoms with Crippen molar-refractivity contribution >= 4 is 28.6 Å². The van der Waals surface area contributed by atoms with Gasteiger partial charge >= 0.3 is 0 Å². The van der Waals surface area contributed by atoms with Crippen molar-refractivity contribution in [3.05, 3.63) is 57.4 Å². The zero-order valence-corrected chi connectivity index (χ0v) is 16.3. The van der Waals surface area contributed by atoms with Gasteiger partial charge in [0, 0.05) is 5.56 Å². The molecule has 6 heteroatoms. The van der Waals surface area contributed by atoms with Crippen LogP contribution in [0.5, 0.6) is 5.75 Å². The van der Waals surface area contributed by atoms with Gasteiger partial charge in [-0.1, -0.05) is 23.8 Å². The average molecular weight is 373 g/mol. The van der Waals surface area contributed by atoms with Crippen molar-refractivity contribution in [2.75, 3.05) is 7.11 Å². The lowest BCUT2D eigenvalue weighted by Gasteiger charge is -2.17. The number of thiazole rings is 1. The average Bonchev–Trinajstić information content (AvgIpc) is 3.24. The minimum Gasteiger partial charge on any atom is -0.496 e. The molecular weight excluding hydrogens is 352 g/mol. The van der Waals surface area contributed by atoms with E-state index in [9.17, 15) is 4.79 Å². The zero-order chi connectivity index (χ0) is 18.0. The summed E-state index contributed by atoms with van der Waals surface area (Å²) in [6.07, 6.45) is 0. The van der Waals surface area contributed by atoms with Crippen LogP contribution in [-0.4, -0.2) is 18.0 Å². The van der Waals surface area contributed by atoms with Gasteiger partial charge in [0.1, 0.15) is 15.6 Å². The van der Waals surface area contributed by atoms with Crippen LogP contribution in [0.15, 0.2) is 35.7 Å². The molecule has 1 N–H and O–H groups in total. The predicted octanol–water partition coefficient (Wildman–Crippen LogP) is 4.99. The number of hydrogen-bond donors (Lipinski definition) is 1. The van der Waals surface area contributed by atoms with Gasteiger partial charge in [-0.25, -0.2) is 4.98 Å². The molecule has 1 atom stereocenters. The maximum absolute atomic E-state index is 12.7. The maximum atomic E-state index is 12.7. The molecule has 0 saturated carbocycles. The third kappa shape index (κ3) is 3.75. The summed E-state index contributed by atoms with van der Waals surface area (Å²) in [6, 6.07) is 9.82. The molecule has 1 aromatic carbocycles. The Balaban J connectivity index is 1.82. The van der Waals surface area contributed by atoms with Crippen molar-refractivity contribution in [2.45, 2.75) is 26.8 Å². The minimum absolute atomic E-state index is 0.103. The number of thiophene rings is 1. The molecule has 1 unspecified atom stereocenters. The number of carbonyl (C=O) groups excluding carboxylic acids is 1. The normalized spacial score (nSPS) is 12.0. The summed E-state index contributed by atoms with van der Waals surface area (Å²) in [7, 11) is 1.64. The van der Waals surface area contributed by atoms with Crippen LogP contribution in [0.1, 0.15) is 39.5 Å². The first-order valence-corrected chi connectivity index (χ1v) is 9.66. The first kappa shape index (κ1) is 17.6. The van der Waals surface area contributed by atoms with Crippen LogP contribution >= 0.6 is 22.7 Å². The Kier molecular flexibility index (Phi) is 5.20. The summed E-state index contributed by atoms with van der Waals surface area (Å²) in [5, 5.41) is 5.97. The van der Waals surface area contributed by atoms with E-state index in [-0.39, 0.29) is 11.9 Å². The van der Waals surface area contributed by atoms with Gasteiger partial charge in [0.05, 0.1) is 23.7 Å². The van der Waals surface area contributed by atoms with Crippen LogP contribution < -0.4 is 10.1 Å². The van der Waals surface area contributed by atoms with Crippen molar-refractivity contribution < 1.29 is 9.53 Å². The van der Waals surface area contributed by atoms with Crippen LogP contribution in [0.2, 0.25) is 0 Å². The van der Waals surface area contributed by atoms with E-state index in [4.69, 9.17) is 4.74 Å². The molecule has 0 aliphatic carbocycles. The molecule has 130 valence electrons. The number of nitrogens with zero attached hydrogens (tertiary/aromatic N) is 1. The SMILES string of the molecule is COc1ccc(C)cc1C(C)NC(=O)c1sc(-c2cccs2)nc1C. The highest BCUT2D eigenvalue weighted by molar-refractivity contribution is 7.22. The largest absolute Gasteiger partial charge is 0.496 e. The van der Waals surface area contributed by atoms with Crippen molar-refractivity contribution in [3.63, 3.8) is 0 Å². The molecule has 25 heavy (non-hydrogen) atoms. The number of aromatic nitrogens is 1. The molecule has 0 bridgehead atoms. The van der Waals surface area contributed by atoms with Gasteiger partial charge in [0.15, 0.2) is 0 Å². The number of rotatable bonds is 5. The van der Waals surface area contributed by atoms with E-state index in [1.165, 1.54) is 11.3 Å². The summed E-state index contributed by atoms with van der Waals surface area (Å²) in [4.78, 5) is 19.0. The van der Waals surface area contributed by atoms with Gasteiger partial charge < -0.3 is 10.1 Å². The quantitative estimate of drug-likeness (QED) is 0.686. The van der Waals surface area contributed by atoms with Crippen molar-refractivity contribution in [1.82, 2.24) is 10.3 Å². The second-order valence-corrected chi connectivity index (χ2v) is 7.80. The summed E-state index contributed by atoms with van der Waals surface area (Å²) in [6.45, 7) is 5.87. The van der Waals surface area contributed by atoms with E-state index in [2.05, 4.69) is 10.3 Å². The number of amides is 1. The fraction of sp³-hybridized carbons (Fsp3) is 0.263. The molecule has 2 heterocycles. The number of carbonyl (C=O) groups is 1. The molecular formula is C19H20N2O2S2.